The largest absolute Gasteiger partial charge is 0.411 e. The first-order valence-corrected chi connectivity index (χ1v) is 5.56. The number of H-pyrrole nitrogens is 1. The zero-order valence-corrected chi connectivity index (χ0v) is 9.62. The van der Waals surface area contributed by atoms with E-state index >= 15 is 0 Å². The van der Waals surface area contributed by atoms with Gasteiger partial charge in [0, 0.05) is 22.2 Å². The Morgan fingerprint density at radius 1 is 1.38 bits per heavy atom. The summed E-state index contributed by atoms with van der Waals surface area (Å²) in [4.78, 5) is 3.31. The molecule has 0 saturated heterocycles. The Bertz CT molecular complexity index is 526. The highest BCUT2D eigenvalue weighted by Gasteiger charge is 2.13. The summed E-state index contributed by atoms with van der Waals surface area (Å²) in [6, 6.07) is 8.08. The highest BCUT2D eigenvalue weighted by Crippen LogP contribution is 2.23. The lowest BCUT2D eigenvalue weighted by Crippen LogP contribution is -2.01. The third kappa shape index (κ3) is 1.69. The summed E-state index contributed by atoms with van der Waals surface area (Å²) in [6.45, 7) is 4.09. The summed E-state index contributed by atoms with van der Waals surface area (Å²) in [5.74, 6) is 0. The lowest BCUT2D eigenvalue weighted by molar-refractivity contribution is 0.318. The maximum atomic E-state index is 9.09. The Morgan fingerprint density at radius 3 is 2.81 bits per heavy atom. The van der Waals surface area contributed by atoms with Gasteiger partial charge in [0.2, 0.25) is 0 Å². The van der Waals surface area contributed by atoms with Gasteiger partial charge < -0.3 is 10.2 Å². The van der Waals surface area contributed by atoms with E-state index in [1.807, 2.05) is 25.1 Å². The molecule has 3 nitrogen and oxygen atoms in total. The minimum Gasteiger partial charge on any atom is -0.411 e. The third-order valence-electron chi connectivity index (χ3n) is 2.79. The van der Waals surface area contributed by atoms with Gasteiger partial charge in [-0.2, -0.15) is 0 Å². The van der Waals surface area contributed by atoms with E-state index in [1.165, 1.54) is 0 Å². The molecule has 0 spiro atoms. The third-order valence-corrected chi connectivity index (χ3v) is 2.79. The molecule has 84 valence electrons. The number of hydrogen-bond acceptors (Lipinski definition) is 2. The molecule has 0 atom stereocenters. The fourth-order valence-corrected chi connectivity index (χ4v) is 2.11. The van der Waals surface area contributed by atoms with Crippen molar-refractivity contribution in [1.82, 2.24) is 4.98 Å². The molecule has 0 aliphatic rings. The highest BCUT2D eigenvalue weighted by atomic mass is 16.4. The number of benzene rings is 1. The van der Waals surface area contributed by atoms with Crippen molar-refractivity contribution >= 4 is 16.6 Å². The van der Waals surface area contributed by atoms with Crippen molar-refractivity contribution in [2.24, 2.45) is 5.16 Å². The van der Waals surface area contributed by atoms with E-state index in [0.29, 0.717) is 0 Å². The number of hydrogen-bond donors (Lipinski definition) is 2. The van der Waals surface area contributed by atoms with Crippen LogP contribution in [0.5, 0.6) is 0 Å². The minimum absolute atomic E-state index is 0.762. The molecule has 2 rings (SSSR count). The number of aromatic amines is 1. The lowest BCUT2D eigenvalue weighted by Gasteiger charge is -2.02. The van der Waals surface area contributed by atoms with Crippen LogP contribution in [-0.4, -0.2) is 15.9 Å². The first-order chi connectivity index (χ1) is 7.77. The molecule has 0 radical (unpaired) electrons. The van der Waals surface area contributed by atoms with Gasteiger partial charge in [0.15, 0.2) is 0 Å². The SMILES string of the molecule is CCC/C(=N/O)c1c(C)[nH]c2ccccc12. The van der Waals surface area contributed by atoms with Crippen LogP contribution in [0.25, 0.3) is 10.9 Å². The molecule has 0 aliphatic heterocycles. The van der Waals surface area contributed by atoms with Gasteiger partial charge in [-0.3, -0.25) is 0 Å². The van der Waals surface area contributed by atoms with Gasteiger partial charge in [0.25, 0.3) is 0 Å². The average Bonchev–Trinajstić information content (AvgIpc) is 2.62. The van der Waals surface area contributed by atoms with Crippen molar-refractivity contribution in [3.05, 3.63) is 35.5 Å². The van der Waals surface area contributed by atoms with Gasteiger partial charge in [-0.1, -0.05) is 36.7 Å². The van der Waals surface area contributed by atoms with Crippen LogP contribution in [0.15, 0.2) is 29.4 Å². The number of aromatic nitrogens is 1. The fourth-order valence-electron chi connectivity index (χ4n) is 2.11. The Morgan fingerprint density at radius 2 is 2.12 bits per heavy atom. The lowest BCUT2D eigenvalue weighted by atomic mass is 10.0. The smallest absolute Gasteiger partial charge is 0.0891 e. The van der Waals surface area contributed by atoms with Crippen LogP contribution in [0.1, 0.15) is 31.0 Å². The molecule has 2 N–H and O–H groups in total. The number of fused-ring (bicyclic) bond motifs is 1. The van der Waals surface area contributed by atoms with E-state index < -0.39 is 0 Å². The molecule has 0 fully saturated rings. The van der Waals surface area contributed by atoms with Crippen molar-refractivity contribution < 1.29 is 5.21 Å². The second-order valence-corrected chi connectivity index (χ2v) is 3.97. The standard InChI is InChI=1S/C13H16N2O/c1-3-6-12(15-16)13-9(2)14-11-8-5-4-7-10(11)13/h4-5,7-8,14,16H,3,6H2,1-2H3/b15-12-. The molecule has 0 unspecified atom stereocenters. The zero-order valence-electron chi connectivity index (χ0n) is 9.62. The fraction of sp³-hybridized carbons (Fsp3) is 0.308. The Balaban J connectivity index is 2.62. The molecule has 0 aliphatic carbocycles. The number of para-hydroxylation sites is 1. The number of nitrogens with zero attached hydrogens (tertiary/aromatic N) is 1. The molecule has 3 heteroatoms. The number of oxime groups is 1. The summed E-state index contributed by atoms with van der Waals surface area (Å²) in [6.07, 6.45) is 1.76. The molecule has 1 aromatic heterocycles. The normalized spacial score (nSPS) is 12.2. The maximum Gasteiger partial charge on any atom is 0.0891 e. The Kier molecular flexibility index (Phi) is 2.95. The monoisotopic (exact) mass is 216 g/mol. The van der Waals surface area contributed by atoms with Gasteiger partial charge >= 0.3 is 0 Å². The number of aryl methyl sites for hydroxylation is 1. The van der Waals surface area contributed by atoms with Crippen molar-refractivity contribution in [1.29, 1.82) is 0 Å². The van der Waals surface area contributed by atoms with Crippen LogP contribution in [0.4, 0.5) is 0 Å². The Labute approximate surface area is 94.8 Å². The summed E-state index contributed by atoms with van der Waals surface area (Å²) in [7, 11) is 0. The van der Waals surface area contributed by atoms with Gasteiger partial charge in [-0.05, 0) is 19.4 Å². The van der Waals surface area contributed by atoms with E-state index in [1.54, 1.807) is 0 Å². The molecule has 1 aromatic carbocycles. The predicted molar refractivity (Wildman–Crippen MR) is 66.3 cm³/mol. The summed E-state index contributed by atoms with van der Waals surface area (Å²) in [5.41, 5.74) is 3.95. The molecule has 16 heavy (non-hydrogen) atoms. The number of rotatable bonds is 3. The van der Waals surface area contributed by atoms with Crippen molar-refractivity contribution in [3.63, 3.8) is 0 Å². The quantitative estimate of drug-likeness (QED) is 0.460. The van der Waals surface area contributed by atoms with Gasteiger partial charge in [-0.15, -0.1) is 0 Å². The van der Waals surface area contributed by atoms with E-state index in [0.717, 1.165) is 40.7 Å². The molecule has 0 bridgehead atoms. The van der Waals surface area contributed by atoms with Gasteiger partial charge in [0.1, 0.15) is 0 Å². The molecule has 0 saturated carbocycles. The minimum atomic E-state index is 0.762. The predicted octanol–water partition coefficient (Wildman–Crippen LogP) is 3.45. The molecule has 1 heterocycles. The van der Waals surface area contributed by atoms with Crippen LogP contribution >= 0.6 is 0 Å². The van der Waals surface area contributed by atoms with Crippen LogP contribution in [0, 0.1) is 6.92 Å². The summed E-state index contributed by atoms with van der Waals surface area (Å²) < 4.78 is 0. The Hall–Kier alpha value is -1.77. The van der Waals surface area contributed by atoms with Crippen LogP contribution < -0.4 is 0 Å². The van der Waals surface area contributed by atoms with Crippen LogP contribution in [0.2, 0.25) is 0 Å². The molecule has 2 aromatic rings. The van der Waals surface area contributed by atoms with Crippen LogP contribution in [-0.2, 0) is 0 Å². The molecular formula is C13H16N2O. The van der Waals surface area contributed by atoms with E-state index in [2.05, 4.69) is 23.1 Å². The zero-order chi connectivity index (χ0) is 11.5. The van der Waals surface area contributed by atoms with Gasteiger partial charge in [-0.25, -0.2) is 0 Å². The first kappa shape index (κ1) is 10.7. The highest BCUT2D eigenvalue weighted by molar-refractivity contribution is 6.11. The average molecular weight is 216 g/mol. The second-order valence-electron chi connectivity index (χ2n) is 3.97. The van der Waals surface area contributed by atoms with Gasteiger partial charge in [0.05, 0.1) is 5.71 Å². The number of nitrogens with one attached hydrogen (secondary N) is 1. The second kappa shape index (κ2) is 4.39. The maximum absolute atomic E-state index is 9.09. The molecular weight excluding hydrogens is 200 g/mol. The van der Waals surface area contributed by atoms with Crippen molar-refractivity contribution in [2.45, 2.75) is 26.7 Å². The summed E-state index contributed by atoms with van der Waals surface area (Å²) >= 11 is 0. The topological polar surface area (TPSA) is 48.4 Å². The molecule has 0 amide bonds. The van der Waals surface area contributed by atoms with Crippen molar-refractivity contribution in [2.75, 3.05) is 0 Å². The first-order valence-electron chi connectivity index (χ1n) is 5.56. The van der Waals surface area contributed by atoms with E-state index in [-0.39, 0.29) is 0 Å². The van der Waals surface area contributed by atoms with Crippen LogP contribution in [0.3, 0.4) is 0 Å². The van der Waals surface area contributed by atoms with Crippen molar-refractivity contribution in [3.8, 4) is 0 Å². The van der Waals surface area contributed by atoms with E-state index in [9.17, 15) is 0 Å². The van der Waals surface area contributed by atoms with E-state index in [4.69, 9.17) is 5.21 Å². The summed E-state index contributed by atoms with van der Waals surface area (Å²) in [5, 5.41) is 13.6.